The minimum Gasteiger partial charge on any atom is -0.504 e. The number of halogens is 2. The van der Waals surface area contributed by atoms with Crippen LogP contribution in [0.3, 0.4) is 0 Å². The van der Waals surface area contributed by atoms with Gasteiger partial charge in [-0.2, -0.15) is 0 Å². The molecule has 22 heavy (non-hydrogen) atoms. The van der Waals surface area contributed by atoms with Crippen LogP contribution >= 0.6 is 24.8 Å². The van der Waals surface area contributed by atoms with Crippen molar-refractivity contribution in [1.82, 2.24) is 10.2 Å². The highest BCUT2D eigenvalue weighted by Crippen LogP contribution is 2.33. The number of rotatable bonds is 6. The first-order valence-electron chi connectivity index (χ1n) is 7.27. The molecule has 1 aromatic rings. The fourth-order valence-electron chi connectivity index (χ4n) is 2.66. The van der Waals surface area contributed by atoms with E-state index in [2.05, 4.69) is 16.8 Å². The fourth-order valence-corrected chi connectivity index (χ4v) is 2.66. The Bertz CT molecular complexity index is 452. The summed E-state index contributed by atoms with van der Waals surface area (Å²) < 4.78 is 5.49. The van der Waals surface area contributed by atoms with Crippen molar-refractivity contribution in [3.05, 3.63) is 36.4 Å². The molecule has 1 aliphatic heterocycles. The van der Waals surface area contributed by atoms with E-state index in [1.807, 2.05) is 25.1 Å². The number of nitrogens with one attached hydrogen (secondary N) is 1. The van der Waals surface area contributed by atoms with Crippen molar-refractivity contribution < 1.29 is 9.84 Å². The van der Waals surface area contributed by atoms with Crippen molar-refractivity contribution in [3.8, 4) is 11.5 Å². The molecule has 0 aromatic heterocycles. The summed E-state index contributed by atoms with van der Waals surface area (Å²) in [7, 11) is 0. The second kappa shape index (κ2) is 10.7. The molecule has 0 aliphatic carbocycles. The Morgan fingerprint density at radius 2 is 2.05 bits per heavy atom. The zero-order valence-electron chi connectivity index (χ0n) is 13.0. The van der Waals surface area contributed by atoms with E-state index in [4.69, 9.17) is 4.74 Å². The van der Waals surface area contributed by atoms with Gasteiger partial charge in [0.25, 0.3) is 0 Å². The Kier molecular flexibility index (Phi) is 10.3. The van der Waals surface area contributed by atoms with Crippen LogP contribution in [0.2, 0.25) is 0 Å². The zero-order valence-corrected chi connectivity index (χ0v) is 14.6. The van der Waals surface area contributed by atoms with Gasteiger partial charge in [0.15, 0.2) is 11.5 Å². The molecule has 1 fully saturated rings. The lowest BCUT2D eigenvalue weighted by Gasteiger charge is -2.35. The molecule has 0 bridgehead atoms. The molecule has 1 atom stereocenters. The summed E-state index contributed by atoms with van der Waals surface area (Å²) in [6.45, 7) is 10.4. The summed E-state index contributed by atoms with van der Waals surface area (Å²) in [5.41, 5.74) is 1.17. The van der Waals surface area contributed by atoms with Gasteiger partial charge in [-0.25, -0.2) is 0 Å². The number of benzene rings is 1. The van der Waals surface area contributed by atoms with Crippen LogP contribution in [0.15, 0.2) is 30.9 Å². The minimum atomic E-state index is 0. The predicted molar refractivity (Wildman–Crippen MR) is 95.8 cm³/mol. The third kappa shape index (κ3) is 5.36. The molecule has 1 saturated heterocycles. The molecule has 2 N–H and O–H groups in total. The number of ether oxygens (including phenoxy) is 1. The quantitative estimate of drug-likeness (QED) is 0.775. The van der Waals surface area contributed by atoms with Gasteiger partial charge in [-0.15, -0.1) is 31.4 Å². The van der Waals surface area contributed by atoms with Crippen molar-refractivity contribution in [3.63, 3.8) is 0 Å². The average Bonchev–Trinajstić information content (AvgIpc) is 2.48. The summed E-state index contributed by atoms with van der Waals surface area (Å²) in [6.07, 6.45) is 2.86. The summed E-state index contributed by atoms with van der Waals surface area (Å²) in [5, 5.41) is 13.2. The second-order valence-electron chi connectivity index (χ2n) is 4.99. The van der Waals surface area contributed by atoms with Crippen molar-refractivity contribution in [2.24, 2.45) is 0 Å². The van der Waals surface area contributed by atoms with Gasteiger partial charge in [0.05, 0.1) is 6.61 Å². The highest BCUT2D eigenvalue weighted by molar-refractivity contribution is 5.85. The van der Waals surface area contributed by atoms with Gasteiger partial charge >= 0.3 is 0 Å². The van der Waals surface area contributed by atoms with Crippen LogP contribution in [-0.4, -0.2) is 42.8 Å². The molecule has 1 aromatic carbocycles. The van der Waals surface area contributed by atoms with Gasteiger partial charge < -0.3 is 15.2 Å². The smallest absolute Gasteiger partial charge is 0.161 e. The predicted octanol–water partition coefficient (Wildman–Crippen LogP) is 3.16. The maximum absolute atomic E-state index is 9.82. The Morgan fingerprint density at radius 1 is 1.36 bits per heavy atom. The number of aromatic hydroxyl groups is 1. The molecule has 4 nitrogen and oxygen atoms in total. The van der Waals surface area contributed by atoms with Crippen molar-refractivity contribution in [2.45, 2.75) is 19.4 Å². The van der Waals surface area contributed by atoms with Crippen molar-refractivity contribution >= 4 is 24.8 Å². The molecule has 126 valence electrons. The number of nitrogens with zero attached hydrogens (tertiary/aromatic N) is 1. The van der Waals surface area contributed by atoms with E-state index in [1.165, 1.54) is 5.56 Å². The molecule has 1 aliphatic rings. The number of hydrogen-bond acceptors (Lipinski definition) is 4. The average molecular weight is 349 g/mol. The molecule has 0 amide bonds. The Hall–Kier alpha value is -0.940. The molecule has 0 spiro atoms. The van der Waals surface area contributed by atoms with Crippen LogP contribution in [0, 0.1) is 0 Å². The molecule has 0 unspecified atom stereocenters. The van der Waals surface area contributed by atoms with Gasteiger partial charge in [-0.3, -0.25) is 4.90 Å². The molecule has 6 heteroatoms. The monoisotopic (exact) mass is 348 g/mol. The summed E-state index contributed by atoms with van der Waals surface area (Å²) in [5.74, 6) is 0.766. The highest BCUT2D eigenvalue weighted by atomic mass is 35.5. The van der Waals surface area contributed by atoms with Crippen LogP contribution in [0.1, 0.15) is 24.9 Å². The first kappa shape index (κ1) is 21.1. The van der Waals surface area contributed by atoms with Crippen molar-refractivity contribution in [1.29, 1.82) is 0 Å². The second-order valence-corrected chi connectivity index (χ2v) is 4.99. The minimum absolute atomic E-state index is 0. The number of phenolic OH excluding ortho intramolecular Hbond substituents is 1. The van der Waals surface area contributed by atoms with E-state index in [0.29, 0.717) is 18.4 Å². The lowest BCUT2D eigenvalue weighted by molar-refractivity contribution is 0.174. The molecule has 1 heterocycles. The van der Waals surface area contributed by atoms with Gasteiger partial charge in [-0.1, -0.05) is 12.1 Å². The Morgan fingerprint density at radius 3 is 2.64 bits per heavy atom. The van der Waals surface area contributed by atoms with Crippen LogP contribution in [0.4, 0.5) is 0 Å². The Balaban J connectivity index is 0.00000220. The van der Waals surface area contributed by atoms with Crippen LogP contribution < -0.4 is 10.1 Å². The number of phenols is 1. The van der Waals surface area contributed by atoms with E-state index in [-0.39, 0.29) is 30.6 Å². The molecule has 0 radical (unpaired) electrons. The maximum atomic E-state index is 9.82. The van der Waals surface area contributed by atoms with E-state index in [1.54, 1.807) is 6.07 Å². The molecule has 2 rings (SSSR count). The fraction of sp³-hybridized carbons (Fsp3) is 0.500. The SMILES string of the molecule is C=CC[C@H](c1ccc(O)c(OCC)c1)N1CCNCC1.Cl.Cl. The highest BCUT2D eigenvalue weighted by Gasteiger charge is 2.22. The summed E-state index contributed by atoms with van der Waals surface area (Å²) >= 11 is 0. The first-order chi connectivity index (χ1) is 9.76. The largest absolute Gasteiger partial charge is 0.504 e. The van der Waals surface area contributed by atoms with Gasteiger partial charge in [0.2, 0.25) is 0 Å². The van der Waals surface area contributed by atoms with Gasteiger partial charge in [0.1, 0.15) is 0 Å². The van der Waals surface area contributed by atoms with Crippen molar-refractivity contribution in [2.75, 3.05) is 32.8 Å². The van der Waals surface area contributed by atoms with Crippen LogP contribution in [0.25, 0.3) is 0 Å². The first-order valence-corrected chi connectivity index (χ1v) is 7.27. The molecular weight excluding hydrogens is 323 g/mol. The lowest BCUT2D eigenvalue weighted by atomic mass is 10.0. The number of piperazine rings is 1. The zero-order chi connectivity index (χ0) is 14.4. The van der Waals surface area contributed by atoms with Gasteiger partial charge in [-0.05, 0) is 31.0 Å². The normalized spacial score (nSPS) is 16.0. The maximum Gasteiger partial charge on any atom is 0.161 e. The topological polar surface area (TPSA) is 44.7 Å². The Labute approximate surface area is 145 Å². The van der Waals surface area contributed by atoms with Crippen LogP contribution in [0.5, 0.6) is 11.5 Å². The summed E-state index contributed by atoms with van der Waals surface area (Å²) in [6, 6.07) is 5.95. The third-order valence-corrected chi connectivity index (χ3v) is 3.65. The summed E-state index contributed by atoms with van der Waals surface area (Å²) in [4.78, 5) is 2.46. The standard InChI is InChI=1S/C16H24N2O2.2ClH/c1-3-5-14(18-10-8-17-9-11-18)13-6-7-15(19)16(12-13)20-4-2;;/h3,6-7,12,14,17,19H,1,4-5,8-11H2,2H3;2*1H/t14-;;/m1../s1. The van der Waals surface area contributed by atoms with Crippen LogP contribution in [-0.2, 0) is 0 Å². The van der Waals surface area contributed by atoms with E-state index >= 15 is 0 Å². The number of hydrogen-bond donors (Lipinski definition) is 2. The van der Waals surface area contributed by atoms with E-state index < -0.39 is 0 Å². The lowest BCUT2D eigenvalue weighted by Crippen LogP contribution is -2.45. The third-order valence-electron chi connectivity index (χ3n) is 3.65. The van der Waals surface area contributed by atoms with E-state index in [9.17, 15) is 5.11 Å². The van der Waals surface area contributed by atoms with E-state index in [0.717, 1.165) is 32.6 Å². The molecular formula is C16H26Cl2N2O2. The van der Waals surface area contributed by atoms with Gasteiger partial charge in [0, 0.05) is 32.2 Å². The molecule has 0 saturated carbocycles.